The second kappa shape index (κ2) is 6.05. The molecule has 1 aromatic carbocycles. The summed E-state index contributed by atoms with van der Waals surface area (Å²) in [7, 11) is -3.40. The molecule has 6 heteroatoms. The predicted molar refractivity (Wildman–Crippen MR) is 78.7 cm³/mol. The Morgan fingerprint density at radius 1 is 1.14 bits per heavy atom. The van der Waals surface area contributed by atoms with Gasteiger partial charge < -0.3 is 5.11 Å². The first-order chi connectivity index (χ1) is 9.85. The van der Waals surface area contributed by atoms with Gasteiger partial charge in [0.15, 0.2) is 9.84 Å². The Balaban J connectivity index is 2.18. The summed E-state index contributed by atoms with van der Waals surface area (Å²) in [5.74, 6) is -1.54. The van der Waals surface area contributed by atoms with Gasteiger partial charge in [-0.15, -0.1) is 0 Å². The number of carboxylic acid groups (broad SMARTS) is 1. The maximum atomic E-state index is 12.2. The third-order valence-corrected chi connectivity index (χ3v) is 4.37. The van der Waals surface area contributed by atoms with Gasteiger partial charge in [0.1, 0.15) is 5.69 Å². The Kier molecular flexibility index (Phi) is 4.37. The standard InChI is InChI=1S/C15H15NO4S/c1-11-4-2-5-12(8-11)9-21(19,20)10-13-6-3-7-14(16-13)15(17)18/h2-8H,9-10H2,1H3,(H,17,18). The van der Waals surface area contributed by atoms with E-state index < -0.39 is 15.8 Å². The van der Waals surface area contributed by atoms with E-state index in [4.69, 9.17) is 5.11 Å². The number of hydrogen-bond acceptors (Lipinski definition) is 4. The molecule has 5 nitrogen and oxygen atoms in total. The van der Waals surface area contributed by atoms with Gasteiger partial charge in [-0.2, -0.15) is 0 Å². The number of carbonyl (C=O) groups is 1. The maximum absolute atomic E-state index is 12.2. The van der Waals surface area contributed by atoms with Crippen molar-refractivity contribution in [3.8, 4) is 0 Å². The summed E-state index contributed by atoms with van der Waals surface area (Å²) in [6.45, 7) is 1.90. The number of nitrogens with zero attached hydrogens (tertiary/aromatic N) is 1. The number of rotatable bonds is 5. The lowest BCUT2D eigenvalue weighted by atomic mass is 10.2. The largest absolute Gasteiger partial charge is 0.477 e. The second-order valence-electron chi connectivity index (χ2n) is 4.84. The van der Waals surface area contributed by atoms with Gasteiger partial charge in [0.2, 0.25) is 0 Å². The second-order valence-corrected chi connectivity index (χ2v) is 6.91. The summed E-state index contributed by atoms with van der Waals surface area (Å²) < 4.78 is 24.3. The summed E-state index contributed by atoms with van der Waals surface area (Å²) in [6, 6.07) is 11.6. The van der Waals surface area contributed by atoms with E-state index in [0.717, 1.165) is 5.56 Å². The van der Waals surface area contributed by atoms with Crippen LogP contribution in [-0.2, 0) is 21.3 Å². The van der Waals surface area contributed by atoms with E-state index in [1.54, 1.807) is 6.07 Å². The van der Waals surface area contributed by atoms with E-state index in [9.17, 15) is 13.2 Å². The number of benzene rings is 1. The van der Waals surface area contributed by atoms with E-state index in [-0.39, 0.29) is 22.9 Å². The van der Waals surface area contributed by atoms with Crippen LogP contribution in [0.5, 0.6) is 0 Å². The predicted octanol–water partition coefficient (Wildman–Crippen LogP) is 2.20. The summed E-state index contributed by atoms with van der Waals surface area (Å²) >= 11 is 0. The molecule has 0 radical (unpaired) electrons. The molecule has 1 heterocycles. The summed E-state index contributed by atoms with van der Waals surface area (Å²) in [6.07, 6.45) is 0. The van der Waals surface area contributed by atoms with Gasteiger partial charge >= 0.3 is 5.97 Å². The molecule has 0 spiro atoms. The van der Waals surface area contributed by atoms with Crippen LogP contribution in [0.1, 0.15) is 27.3 Å². The highest BCUT2D eigenvalue weighted by Gasteiger charge is 2.15. The molecule has 0 aliphatic carbocycles. The molecule has 0 amide bonds. The molecule has 0 unspecified atom stereocenters. The Bertz CT molecular complexity index is 769. The number of aromatic nitrogens is 1. The molecule has 2 aromatic rings. The number of hydrogen-bond donors (Lipinski definition) is 1. The monoisotopic (exact) mass is 305 g/mol. The van der Waals surface area contributed by atoms with E-state index in [2.05, 4.69) is 4.98 Å². The zero-order valence-electron chi connectivity index (χ0n) is 11.5. The van der Waals surface area contributed by atoms with Crippen molar-refractivity contribution in [2.75, 3.05) is 0 Å². The molecule has 1 N–H and O–H groups in total. The number of aromatic carboxylic acids is 1. The van der Waals surface area contributed by atoms with Crippen molar-refractivity contribution in [2.24, 2.45) is 0 Å². The normalized spacial score (nSPS) is 11.3. The van der Waals surface area contributed by atoms with Gasteiger partial charge in [0.25, 0.3) is 0 Å². The van der Waals surface area contributed by atoms with Crippen molar-refractivity contribution in [2.45, 2.75) is 18.4 Å². The minimum atomic E-state index is -3.40. The molecule has 0 aliphatic rings. The first-order valence-electron chi connectivity index (χ1n) is 6.31. The van der Waals surface area contributed by atoms with Crippen molar-refractivity contribution < 1.29 is 18.3 Å². The van der Waals surface area contributed by atoms with Gasteiger partial charge in [0.05, 0.1) is 17.2 Å². The Morgan fingerprint density at radius 2 is 1.86 bits per heavy atom. The molecule has 0 bridgehead atoms. The molecule has 1 aromatic heterocycles. The number of carboxylic acids is 1. The molecule has 110 valence electrons. The van der Waals surface area contributed by atoms with Crippen LogP contribution >= 0.6 is 0 Å². The summed E-state index contributed by atoms with van der Waals surface area (Å²) in [4.78, 5) is 14.7. The summed E-state index contributed by atoms with van der Waals surface area (Å²) in [5, 5.41) is 8.86. The fourth-order valence-corrected chi connectivity index (χ4v) is 3.41. The average Bonchev–Trinajstić information content (AvgIpc) is 2.37. The van der Waals surface area contributed by atoms with Gasteiger partial charge in [-0.25, -0.2) is 18.2 Å². The van der Waals surface area contributed by atoms with Gasteiger partial charge in [-0.3, -0.25) is 0 Å². The highest BCUT2D eigenvalue weighted by Crippen LogP contribution is 2.13. The molecule has 0 aliphatic heterocycles. The highest BCUT2D eigenvalue weighted by atomic mass is 32.2. The fraction of sp³-hybridized carbons (Fsp3) is 0.200. The minimum absolute atomic E-state index is 0.0896. The van der Waals surface area contributed by atoms with E-state index >= 15 is 0 Å². The lowest BCUT2D eigenvalue weighted by Crippen LogP contribution is -2.10. The number of sulfone groups is 1. The molecule has 0 atom stereocenters. The first kappa shape index (κ1) is 15.2. The van der Waals surface area contributed by atoms with Crippen molar-refractivity contribution in [3.05, 3.63) is 65.0 Å². The van der Waals surface area contributed by atoms with Crippen molar-refractivity contribution >= 4 is 15.8 Å². The third-order valence-electron chi connectivity index (χ3n) is 2.86. The van der Waals surface area contributed by atoms with Crippen LogP contribution in [0, 0.1) is 6.92 Å². The van der Waals surface area contributed by atoms with Crippen molar-refractivity contribution in [1.82, 2.24) is 4.98 Å². The number of pyridine rings is 1. The third kappa shape index (κ3) is 4.39. The van der Waals surface area contributed by atoms with E-state index in [0.29, 0.717) is 5.56 Å². The first-order valence-corrected chi connectivity index (χ1v) is 8.13. The molecule has 2 rings (SSSR count). The van der Waals surface area contributed by atoms with Crippen molar-refractivity contribution in [1.29, 1.82) is 0 Å². The quantitative estimate of drug-likeness (QED) is 0.915. The van der Waals surface area contributed by atoms with Crippen LogP contribution in [0.15, 0.2) is 42.5 Å². The van der Waals surface area contributed by atoms with E-state index in [1.807, 2.05) is 25.1 Å². The zero-order chi connectivity index (χ0) is 15.5. The molecule has 0 saturated carbocycles. The SMILES string of the molecule is Cc1cccc(CS(=O)(=O)Cc2cccc(C(=O)O)n2)c1. The molecule has 0 saturated heterocycles. The summed E-state index contributed by atoms with van der Waals surface area (Å²) in [5.41, 5.74) is 1.79. The van der Waals surface area contributed by atoms with Crippen LogP contribution in [0.3, 0.4) is 0 Å². The number of aryl methyl sites for hydroxylation is 1. The van der Waals surface area contributed by atoms with Crippen molar-refractivity contribution in [3.63, 3.8) is 0 Å². The smallest absolute Gasteiger partial charge is 0.354 e. The van der Waals surface area contributed by atoms with Gasteiger partial charge in [0, 0.05) is 0 Å². The van der Waals surface area contributed by atoms with Gasteiger partial charge in [-0.1, -0.05) is 35.9 Å². The molecule has 0 fully saturated rings. The Hall–Kier alpha value is -2.21. The molecular weight excluding hydrogens is 290 g/mol. The topological polar surface area (TPSA) is 84.3 Å². The lowest BCUT2D eigenvalue weighted by molar-refractivity contribution is 0.0690. The zero-order valence-corrected chi connectivity index (χ0v) is 12.3. The van der Waals surface area contributed by atoms with Crippen LogP contribution in [0.25, 0.3) is 0 Å². The molecule has 21 heavy (non-hydrogen) atoms. The minimum Gasteiger partial charge on any atom is -0.477 e. The van der Waals surface area contributed by atoms with Crippen LogP contribution < -0.4 is 0 Å². The Labute approximate surface area is 123 Å². The average molecular weight is 305 g/mol. The van der Waals surface area contributed by atoms with Crippen LogP contribution in [-0.4, -0.2) is 24.5 Å². The van der Waals surface area contributed by atoms with Crippen LogP contribution in [0.2, 0.25) is 0 Å². The van der Waals surface area contributed by atoms with E-state index in [1.165, 1.54) is 18.2 Å². The maximum Gasteiger partial charge on any atom is 0.354 e. The highest BCUT2D eigenvalue weighted by molar-refractivity contribution is 7.89. The Morgan fingerprint density at radius 3 is 2.52 bits per heavy atom. The fourth-order valence-electron chi connectivity index (χ4n) is 2.01. The molecular formula is C15H15NO4S. The van der Waals surface area contributed by atoms with Crippen LogP contribution in [0.4, 0.5) is 0 Å². The lowest BCUT2D eigenvalue weighted by Gasteiger charge is -2.06. The van der Waals surface area contributed by atoms with Gasteiger partial charge in [-0.05, 0) is 24.6 Å².